The van der Waals surface area contributed by atoms with Gasteiger partial charge < -0.3 is 14.5 Å². The van der Waals surface area contributed by atoms with Crippen molar-refractivity contribution in [2.24, 2.45) is 0 Å². The van der Waals surface area contributed by atoms with Gasteiger partial charge in [-0.3, -0.25) is 10.1 Å². The lowest BCUT2D eigenvalue weighted by Crippen LogP contribution is -3.12. The summed E-state index contributed by atoms with van der Waals surface area (Å²) < 4.78 is 6.00. The molecule has 2 rings (SSSR count). The number of quaternary nitrogens is 1. The Balaban J connectivity index is 2.05. The highest BCUT2D eigenvalue weighted by molar-refractivity contribution is 5.62. The van der Waals surface area contributed by atoms with Crippen molar-refractivity contribution in [1.82, 2.24) is 0 Å². The topological polar surface area (TPSA) is 60.1 Å². The molecular weight excluding hydrogens is 306 g/mol. The number of hydrogen-bond donors (Lipinski definition) is 1. The van der Waals surface area contributed by atoms with Crippen LogP contribution in [-0.4, -0.2) is 44.3 Å². The molecule has 0 radical (unpaired) electrons. The molecule has 0 aromatic heterocycles. The molecule has 1 aromatic rings. The van der Waals surface area contributed by atoms with Gasteiger partial charge in [0, 0.05) is 19.2 Å². The normalized spacial score (nSPS) is 14.4. The Bertz CT molecular complexity index is 524. The molecule has 6 heteroatoms. The van der Waals surface area contributed by atoms with Crippen LogP contribution in [-0.2, 0) is 0 Å². The summed E-state index contributed by atoms with van der Waals surface area (Å²) in [5.74, 6) is 0.651. The number of anilines is 1. The van der Waals surface area contributed by atoms with Gasteiger partial charge in [-0.1, -0.05) is 13.8 Å². The van der Waals surface area contributed by atoms with Crippen molar-refractivity contribution >= 4 is 11.4 Å². The Morgan fingerprint density at radius 1 is 1.17 bits per heavy atom. The van der Waals surface area contributed by atoms with Crippen LogP contribution in [0.5, 0.6) is 5.75 Å². The molecule has 24 heavy (non-hydrogen) atoms. The first-order chi connectivity index (χ1) is 11.7. The fourth-order valence-electron chi connectivity index (χ4n) is 3.34. The number of benzene rings is 1. The Hall–Kier alpha value is -1.82. The summed E-state index contributed by atoms with van der Waals surface area (Å²) >= 11 is 0. The summed E-state index contributed by atoms with van der Waals surface area (Å²) in [5.41, 5.74) is 1.09. The Morgan fingerprint density at radius 3 is 2.42 bits per heavy atom. The van der Waals surface area contributed by atoms with Crippen LogP contribution in [0.25, 0.3) is 0 Å². The summed E-state index contributed by atoms with van der Waals surface area (Å²) in [6.07, 6.45) is 4.65. The predicted octanol–water partition coefficient (Wildman–Crippen LogP) is 2.28. The second-order valence-corrected chi connectivity index (χ2v) is 6.45. The maximum absolute atomic E-state index is 11.1. The monoisotopic (exact) mass is 336 g/mol. The fraction of sp³-hybridized carbons (Fsp3) is 0.667. The fourth-order valence-corrected chi connectivity index (χ4v) is 3.34. The number of nitrogens with one attached hydrogen (secondary N) is 1. The van der Waals surface area contributed by atoms with E-state index in [4.69, 9.17) is 4.74 Å². The lowest BCUT2D eigenvalue weighted by Gasteiger charge is -2.22. The number of nitro benzene ring substituents is 1. The van der Waals surface area contributed by atoms with Gasteiger partial charge in [-0.25, -0.2) is 0 Å². The van der Waals surface area contributed by atoms with Crippen molar-refractivity contribution in [3.05, 3.63) is 28.3 Å². The number of rotatable bonds is 10. The predicted molar refractivity (Wildman–Crippen MR) is 96.2 cm³/mol. The van der Waals surface area contributed by atoms with E-state index in [-0.39, 0.29) is 10.6 Å². The third-order valence-corrected chi connectivity index (χ3v) is 4.52. The van der Waals surface area contributed by atoms with Crippen LogP contribution in [0.15, 0.2) is 18.2 Å². The second-order valence-electron chi connectivity index (χ2n) is 6.45. The Labute approximate surface area is 144 Å². The molecule has 0 atom stereocenters. The highest BCUT2D eigenvalue weighted by Gasteiger charge is 2.20. The lowest BCUT2D eigenvalue weighted by atomic mass is 10.2. The SMILES string of the molecule is CCC[NH+](CCC)CCOc1cc([N+](=O)[O-])ccc1N1CCCC1. The standard InChI is InChI=1S/C18H29N3O3/c1-3-9-19(10-4-2)13-14-24-18-15-16(21(22)23)7-8-17(18)20-11-5-6-12-20/h7-8,15H,3-6,9-14H2,1-2H3/p+1. The van der Waals surface area contributed by atoms with Gasteiger partial charge in [-0.2, -0.15) is 0 Å². The molecule has 0 amide bonds. The molecule has 1 aliphatic heterocycles. The minimum atomic E-state index is -0.355. The van der Waals surface area contributed by atoms with Gasteiger partial charge in [0.25, 0.3) is 5.69 Å². The van der Waals surface area contributed by atoms with Crippen LogP contribution < -0.4 is 14.5 Å². The van der Waals surface area contributed by atoms with E-state index in [9.17, 15) is 10.1 Å². The highest BCUT2D eigenvalue weighted by atomic mass is 16.6. The largest absolute Gasteiger partial charge is 0.485 e. The molecule has 0 bridgehead atoms. The maximum atomic E-state index is 11.1. The molecule has 0 spiro atoms. The molecule has 0 unspecified atom stereocenters. The first-order valence-corrected chi connectivity index (χ1v) is 9.15. The van der Waals surface area contributed by atoms with Gasteiger partial charge in [0.05, 0.1) is 29.8 Å². The zero-order valence-corrected chi connectivity index (χ0v) is 14.9. The molecular formula is C18H30N3O3+. The lowest BCUT2D eigenvalue weighted by molar-refractivity contribution is -0.900. The summed E-state index contributed by atoms with van der Waals surface area (Å²) in [6, 6.07) is 4.99. The van der Waals surface area contributed by atoms with Gasteiger partial charge in [0.1, 0.15) is 18.9 Å². The molecule has 6 nitrogen and oxygen atoms in total. The van der Waals surface area contributed by atoms with Crippen LogP contribution in [0.2, 0.25) is 0 Å². The molecule has 1 aromatic carbocycles. The van der Waals surface area contributed by atoms with Crippen LogP contribution in [0.1, 0.15) is 39.5 Å². The molecule has 134 valence electrons. The number of nitro groups is 1. The van der Waals surface area contributed by atoms with Crippen molar-refractivity contribution in [2.75, 3.05) is 44.2 Å². The first-order valence-electron chi connectivity index (χ1n) is 9.15. The molecule has 1 saturated heterocycles. The minimum Gasteiger partial charge on any atom is -0.485 e. The van der Waals surface area contributed by atoms with E-state index in [0.29, 0.717) is 12.4 Å². The molecule has 1 fully saturated rings. The minimum absolute atomic E-state index is 0.0965. The zero-order chi connectivity index (χ0) is 17.4. The molecule has 1 aliphatic rings. The smallest absolute Gasteiger partial charge is 0.273 e. The van der Waals surface area contributed by atoms with Gasteiger partial charge in [0.15, 0.2) is 0 Å². The quantitative estimate of drug-likeness (QED) is 0.526. The van der Waals surface area contributed by atoms with Crippen molar-refractivity contribution in [3.8, 4) is 5.75 Å². The maximum Gasteiger partial charge on any atom is 0.273 e. The summed E-state index contributed by atoms with van der Waals surface area (Å²) in [6.45, 7) is 10.2. The van der Waals surface area contributed by atoms with Crippen LogP contribution >= 0.6 is 0 Å². The van der Waals surface area contributed by atoms with E-state index in [0.717, 1.165) is 51.3 Å². The summed E-state index contributed by atoms with van der Waals surface area (Å²) in [4.78, 5) is 14.5. The molecule has 1 N–H and O–H groups in total. The van der Waals surface area contributed by atoms with E-state index in [1.165, 1.54) is 17.7 Å². The number of nitrogens with zero attached hydrogens (tertiary/aromatic N) is 2. The van der Waals surface area contributed by atoms with Gasteiger partial charge in [0.2, 0.25) is 0 Å². The molecule has 0 aliphatic carbocycles. The zero-order valence-electron chi connectivity index (χ0n) is 14.9. The van der Waals surface area contributed by atoms with Crippen molar-refractivity contribution in [1.29, 1.82) is 0 Å². The summed E-state index contributed by atoms with van der Waals surface area (Å²) in [5, 5.41) is 11.1. The number of non-ortho nitro benzene ring substituents is 1. The van der Waals surface area contributed by atoms with E-state index >= 15 is 0 Å². The van der Waals surface area contributed by atoms with E-state index in [1.54, 1.807) is 12.1 Å². The molecule has 0 saturated carbocycles. The van der Waals surface area contributed by atoms with Crippen LogP contribution in [0.3, 0.4) is 0 Å². The van der Waals surface area contributed by atoms with Crippen molar-refractivity contribution in [3.63, 3.8) is 0 Å². The average molecular weight is 336 g/mol. The Kier molecular flexibility index (Phi) is 7.31. The van der Waals surface area contributed by atoms with Crippen LogP contribution in [0, 0.1) is 10.1 Å². The van der Waals surface area contributed by atoms with E-state index in [2.05, 4.69) is 18.7 Å². The third-order valence-electron chi connectivity index (χ3n) is 4.52. The number of hydrogen-bond acceptors (Lipinski definition) is 4. The van der Waals surface area contributed by atoms with Crippen molar-refractivity contribution < 1.29 is 14.6 Å². The molecule has 1 heterocycles. The highest BCUT2D eigenvalue weighted by Crippen LogP contribution is 2.34. The van der Waals surface area contributed by atoms with Gasteiger partial charge in [-0.15, -0.1) is 0 Å². The van der Waals surface area contributed by atoms with Gasteiger partial charge >= 0.3 is 0 Å². The summed E-state index contributed by atoms with van der Waals surface area (Å²) in [7, 11) is 0. The Morgan fingerprint density at radius 2 is 1.83 bits per heavy atom. The van der Waals surface area contributed by atoms with Crippen molar-refractivity contribution in [2.45, 2.75) is 39.5 Å². The van der Waals surface area contributed by atoms with E-state index < -0.39 is 0 Å². The number of ether oxygens (including phenoxy) is 1. The van der Waals surface area contributed by atoms with Crippen LogP contribution in [0.4, 0.5) is 11.4 Å². The second kappa shape index (κ2) is 9.47. The first kappa shape index (κ1) is 18.5. The van der Waals surface area contributed by atoms with E-state index in [1.807, 2.05) is 6.07 Å². The van der Waals surface area contributed by atoms with Gasteiger partial charge in [-0.05, 0) is 31.7 Å². The third kappa shape index (κ3) is 5.09. The average Bonchev–Trinajstić information content (AvgIpc) is 3.09.